The largest absolute Gasteiger partial charge is 0.489 e. The van der Waals surface area contributed by atoms with Crippen molar-refractivity contribution in [2.75, 3.05) is 0 Å². The predicted octanol–water partition coefficient (Wildman–Crippen LogP) is 2.39. The lowest BCUT2D eigenvalue weighted by Gasteiger charge is -2.07. The molecule has 8 nitrogen and oxygen atoms in total. The first-order valence-electron chi connectivity index (χ1n) is 8.09. The average Bonchev–Trinajstić information content (AvgIpc) is 3.18. The molecule has 0 unspecified atom stereocenters. The molecule has 134 valence electrons. The SMILES string of the molecule is O=C(O)c1cnn(-c2nc3ccc(COc4ccccc4)cc3c(=O)[nH]2)c1. The number of hydrogen-bond acceptors (Lipinski definition) is 5. The number of nitrogens with zero attached hydrogens (tertiary/aromatic N) is 3. The van der Waals surface area contributed by atoms with E-state index in [9.17, 15) is 9.59 Å². The van der Waals surface area contributed by atoms with E-state index in [0.717, 1.165) is 11.3 Å². The van der Waals surface area contributed by atoms with E-state index < -0.39 is 5.97 Å². The number of carboxylic acids is 1. The number of H-pyrrole nitrogens is 1. The maximum Gasteiger partial charge on any atom is 0.338 e. The van der Waals surface area contributed by atoms with Gasteiger partial charge < -0.3 is 9.84 Å². The van der Waals surface area contributed by atoms with Crippen LogP contribution in [0.15, 0.2) is 65.7 Å². The smallest absolute Gasteiger partial charge is 0.338 e. The first-order chi connectivity index (χ1) is 13.1. The van der Waals surface area contributed by atoms with Crippen LogP contribution in [0.4, 0.5) is 0 Å². The topological polar surface area (TPSA) is 110 Å². The number of aromatic amines is 1. The Bertz CT molecular complexity index is 1180. The zero-order chi connectivity index (χ0) is 18.8. The number of aromatic carboxylic acids is 1. The van der Waals surface area contributed by atoms with E-state index in [0.29, 0.717) is 17.5 Å². The summed E-state index contributed by atoms with van der Waals surface area (Å²) in [6, 6.07) is 14.7. The molecule has 8 heteroatoms. The van der Waals surface area contributed by atoms with Gasteiger partial charge in [-0.25, -0.2) is 14.5 Å². The number of fused-ring (bicyclic) bond motifs is 1. The van der Waals surface area contributed by atoms with E-state index in [1.165, 1.54) is 17.1 Å². The van der Waals surface area contributed by atoms with Gasteiger partial charge in [0.05, 0.1) is 22.7 Å². The highest BCUT2D eigenvalue weighted by atomic mass is 16.5. The molecule has 27 heavy (non-hydrogen) atoms. The molecule has 2 aromatic carbocycles. The van der Waals surface area contributed by atoms with Crippen LogP contribution >= 0.6 is 0 Å². The van der Waals surface area contributed by atoms with Crippen molar-refractivity contribution in [2.45, 2.75) is 6.61 Å². The van der Waals surface area contributed by atoms with Gasteiger partial charge in [0.25, 0.3) is 5.56 Å². The lowest BCUT2D eigenvalue weighted by atomic mass is 10.1. The quantitative estimate of drug-likeness (QED) is 0.564. The Kier molecular flexibility index (Phi) is 4.13. The molecule has 0 fully saturated rings. The summed E-state index contributed by atoms with van der Waals surface area (Å²) in [7, 11) is 0. The number of nitrogens with one attached hydrogen (secondary N) is 1. The predicted molar refractivity (Wildman–Crippen MR) is 97.2 cm³/mol. The van der Waals surface area contributed by atoms with Crippen molar-refractivity contribution in [1.29, 1.82) is 0 Å². The summed E-state index contributed by atoms with van der Waals surface area (Å²) >= 11 is 0. The van der Waals surface area contributed by atoms with Crippen LogP contribution in [0, 0.1) is 0 Å². The molecule has 0 aliphatic carbocycles. The third-order valence-electron chi connectivity index (χ3n) is 3.95. The molecule has 2 N–H and O–H groups in total. The van der Waals surface area contributed by atoms with Crippen molar-refractivity contribution in [3.8, 4) is 11.7 Å². The van der Waals surface area contributed by atoms with E-state index in [1.54, 1.807) is 12.1 Å². The zero-order valence-electron chi connectivity index (χ0n) is 14.0. The number of carbonyl (C=O) groups is 1. The van der Waals surface area contributed by atoms with Crippen LogP contribution in [-0.4, -0.2) is 30.8 Å². The van der Waals surface area contributed by atoms with Gasteiger partial charge in [-0.3, -0.25) is 9.78 Å². The number of carboxylic acid groups (broad SMARTS) is 1. The van der Waals surface area contributed by atoms with Crippen molar-refractivity contribution < 1.29 is 14.6 Å². The Morgan fingerprint density at radius 3 is 2.74 bits per heavy atom. The molecule has 0 atom stereocenters. The van der Waals surface area contributed by atoms with Gasteiger partial charge in [0.1, 0.15) is 12.4 Å². The molecular weight excluding hydrogens is 348 g/mol. The van der Waals surface area contributed by atoms with E-state index in [1.807, 2.05) is 36.4 Å². The fraction of sp³-hybridized carbons (Fsp3) is 0.0526. The van der Waals surface area contributed by atoms with Gasteiger partial charge in [0, 0.05) is 6.20 Å². The van der Waals surface area contributed by atoms with Crippen molar-refractivity contribution in [1.82, 2.24) is 19.7 Å². The molecule has 4 rings (SSSR count). The zero-order valence-corrected chi connectivity index (χ0v) is 14.0. The van der Waals surface area contributed by atoms with Gasteiger partial charge in [0.2, 0.25) is 5.95 Å². The van der Waals surface area contributed by atoms with Gasteiger partial charge >= 0.3 is 5.97 Å². The summed E-state index contributed by atoms with van der Waals surface area (Å²) in [4.78, 5) is 30.4. The van der Waals surface area contributed by atoms with E-state index >= 15 is 0 Å². The third-order valence-corrected chi connectivity index (χ3v) is 3.95. The number of rotatable bonds is 5. The Balaban J connectivity index is 1.63. The second kappa shape index (κ2) is 6.75. The third kappa shape index (κ3) is 3.40. The Morgan fingerprint density at radius 1 is 1.19 bits per heavy atom. The first-order valence-corrected chi connectivity index (χ1v) is 8.09. The summed E-state index contributed by atoms with van der Waals surface area (Å²) in [5.74, 6) is -0.214. The molecule has 0 aliphatic heterocycles. The maximum atomic E-state index is 12.4. The van der Waals surface area contributed by atoms with Crippen LogP contribution in [-0.2, 0) is 6.61 Å². The molecule has 0 saturated carbocycles. The summed E-state index contributed by atoms with van der Waals surface area (Å²) in [6.45, 7) is 0.322. The normalized spacial score (nSPS) is 10.8. The van der Waals surface area contributed by atoms with Crippen molar-refractivity contribution in [3.63, 3.8) is 0 Å². The standard InChI is InChI=1S/C19H14N4O4/c24-17-15-8-12(11-27-14-4-2-1-3-5-14)6-7-16(15)21-19(22-17)23-10-13(9-20-23)18(25)26/h1-10H,11H2,(H,25,26)(H,21,22,24). The summed E-state index contributed by atoms with van der Waals surface area (Å²) in [5, 5.41) is 13.3. The molecule has 0 bridgehead atoms. The van der Waals surface area contributed by atoms with E-state index in [4.69, 9.17) is 9.84 Å². The molecule has 0 spiro atoms. The lowest BCUT2D eigenvalue weighted by molar-refractivity contribution is 0.0697. The summed E-state index contributed by atoms with van der Waals surface area (Å²) in [6.07, 6.45) is 2.48. The molecule has 0 aliphatic rings. The number of ether oxygens (including phenoxy) is 1. The minimum absolute atomic E-state index is 0.00570. The highest BCUT2D eigenvalue weighted by molar-refractivity contribution is 5.87. The fourth-order valence-electron chi connectivity index (χ4n) is 2.60. The maximum absolute atomic E-state index is 12.4. The van der Waals surface area contributed by atoms with Crippen LogP contribution in [0.1, 0.15) is 15.9 Å². The molecular formula is C19H14N4O4. The molecule has 2 aromatic heterocycles. The summed E-state index contributed by atoms with van der Waals surface area (Å²) < 4.78 is 6.92. The van der Waals surface area contributed by atoms with Gasteiger partial charge in [-0.1, -0.05) is 24.3 Å². The van der Waals surface area contributed by atoms with Crippen LogP contribution < -0.4 is 10.3 Å². The van der Waals surface area contributed by atoms with Crippen LogP contribution in [0.2, 0.25) is 0 Å². The summed E-state index contributed by atoms with van der Waals surface area (Å²) in [5.41, 5.74) is 0.971. The van der Waals surface area contributed by atoms with Gasteiger partial charge in [-0.15, -0.1) is 0 Å². The fourth-order valence-corrected chi connectivity index (χ4v) is 2.60. The number of para-hydroxylation sites is 1. The number of hydrogen-bond donors (Lipinski definition) is 2. The van der Waals surface area contributed by atoms with Gasteiger partial charge in [-0.2, -0.15) is 5.10 Å². The second-order valence-electron chi connectivity index (χ2n) is 5.82. The van der Waals surface area contributed by atoms with Crippen molar-refractivity contribution in [2.24, 2.45) is 0 Å². The van der Waals surface area contributed by atoms with Crippen molar-refractivity contribution in [3.05, 3.63) is 82.4 Å². The number of aromatic nitrogens is 4. The van der Waals surface area contributed by atoms with Crippen molar-refractivity contribution >= 4 is 16.9 Å². The van der Waals surface area contributed by atoms with Gasteiger partial charge in [0.15, 0.2) is 0 Å². The lowest BCUT2D eigenvalue weighted by Crippen LogP contribution is -2.14. The first kappa shape index (κ1) is 16.5. The average molecular weight is 362 g/mol. The Hall–Kier alpha value is -3.94. The molecule has 4 aromatic rings. The monoisotopic (exact) mass is 362 g/mol. The van der Waals surface area contributed by atoms with Crippen LogP contribution in [0.25, 0.3) is 16.9 Å². The van der Waals surface area contributed by atoms with E-state index in [-0.39, 0.29) is 17.1 Å². The minimum Gasteiger partial charge on any atom is -0.489 e. The van der Waals surface area contributed by atoms with Crippen LogP contribution in [0.3, 0.4) is 0 Å². The molecule has 0 radical (unpaired) electrons. The molecule has 2 heterocycles. The highest BCUT2D eigenvalue weighted by Gasteiger charge is 2.11. The Labute approximate surface area is 152 Å². The van der Waals surface area contributed by atoms with Crippen LogP contribution in [0.5, 0.6) is 5.75 Å². The highest BCUT2D eigenvalue weighted by Crippen LogP contribution is 2.15. The number of benzene rings is 2. The molecule has 0 amide bonds. The minimum atomic E-state index is -1.10. The Morgan fingerprint density at radius 2 is 2.00 bits per heavy atom. The second-order valence-corrected chi connectivity index (χ2v) is 5.82. The van der Waals surface area contributed by atoms with Gasteiger partial charge in [-0.05, 0) is 29.8 Å². The van der Waals surface area contributed by atoms with E-state index in [2.05, 4.69) is 15.1 Å². The molecule has 0 saturated heterocycles.